The summed E-state index contributed by atoms with van der Waals surface area (Å²) in [7, 11) is 1.69. The van der Waals surface area contributed by atoms with Gasteiger partial charge in [0.15, 0.2) is 0 Å². The van der Waals surface area contributed by atoms with Crippen LogP contribution in [0.2, 0.25) is 0 Å². The zero-order valence-electron chi connectivity index (χ0n) is 7.86. The quantitative estimate of drug-likeness (QED) is 0.682. The van der Waals surface area contributed by atoms with E-state index in [1.807, 2.05) is 0 Å². The van der Waals surface area contributed by atoms with Crippen molar-refractivity contribution >= 4 is 6.09 Å². The molecule has 1 aliphatic rings. The molecule has 0 unspecified atom stereocenters. The number of nitrogens with two attached hydrogens (primary N) is 1. The molecule has 1 heterocycles. The smallest absolute Gasteiger partial charge is 0.404 e. The van der Waals surface area contributed by atoms with Gasteiger partial charge in [0.05, 0.1) is 0 Å². The van der Waals surface area contributed by atoms with Gasteiger partial charge in [-0.1, -0.05) is 0 Å². The maximum absolute atomic E-state index is 10.3. The monoisotopic (exact) mass is 188 g/mol. The van der Waals surface area contributed by atoms with Gasteiger partial charge in [0.25, 0.3) is 0 Å². The molecule has 0 aromatic carbocycles. The predicted octanol–water partition coefficient (Wildman–Crippen LogP) is 0.150. The Bertz CT molecular complexity index is 175. The number of carbonyl (C=O) groups excluding carboxylic acids is 1. The third-order valence-corrected chi connectivity index (χ3v) is 2.20. The van der Waals surface area contributed by atoms with Gasteiger partial charge in [0.2, 0.25) is 0 Å². The Balaban J connectivity index is 2.16. The molecule has 76 valence electrons. The molecule has 0 aliphatic carbocycles. The summed E-state index contributed by atoms with van der Waals surface area (Å²) in [6, 6.07) is 0. The number of likely N-dealkylation sites (tertiary alicyclic amines) is 1. The van der Waals surface area contributed by atoms with E-state index in [9.17, 15) is 4.79 Å². The molecule has 1 amide bonds. The number of rotatable bonds is 4. The molecule has 1 aliphatic heterocycles. The Morgan fingerprint density at radius 3 is 3.08 bits per heavy atom. The Kier molecular flexibility index (Phi) is 3.98. The van der Waals surface area contributed by atoms with E-state index in [2.05, 4.69) is 9.64 Å². The summed E-state index contributed by atoms with van der Waals surface area (Å²) in [5.74, 6) is 0. The molecular formula is C8H16N2O3. The maximum Gasteiger partial charge on any atom is 0.404 e. The highest BCUT2D eigenvalue weighted by molar-refractivity contribution is 5.64. The molecule has 0 spiro atoms. The van der Waals surface area contributed by atoms with Crippen LogP contribution in [0.15, 0.2) is 0 Å². The summed E-state index contributed by atoms with van der Waals surface area (Å²) in [6.45, 7) is 2.04. The number of nitrogens with zero attached hydrogens (tertiary/aromatic N) is 1. The lowest BCUT2D eigenvalue weighted by molar-refractivity contribution is -0.0115. The van der Waals surface area contributed by atoms with Gasteiger partial charge in [0.1, 0.15) is 12.8 Å². The topological polar surface area (TPSA) is 64.8 Å². The number of methoxy groups -OCH3 is 1. The number of hydrogen-bond donors (Lipinski definition) is 1. The van der Waals surface area contributed by atoms with Gasteiger partial charge in [-0.05, 0) is 12.8 Å². The normalized spacial score (nSPS) is 23.3. The highest BCUT2D eigenvalue weighted by Gasteiger charge is 2.23. The summed E-state index contributed by atoms with van der Waals surface area (Å²) in [5.41, 5.74) is 4.83. The maximum atomic E-state index is 10.3. The second kappa shape index (κ2) is 5.04. The number of ether oxygens (including phenoxy) is 2. The zero-order valence-corrected chi connectivity index (χ0v) is 7.86. The third kappa shape index (κ3) is 3.20. The third-order valence-electron chi connectivity index (χ3n) is 2.20. The lowest BCUT2D eigenvalue weighted by atomic mass is 10.4. The molecule has 0 aromatic heterocycles. The summed E-state index contributed by atoms with van der Waals surface area (Å²) >= 11 is 0. The standard InChI is InChI=1S/C8H16N2O3/c1-12-7-3-2-4-10(7)5-6-13-8(9)11/h7H,2-6H2,1H3,(H2,9,11)/t7-/m1/s1. The molecular weight excluding hydrogens is 172 g/mol. The van der Waals surface area contributed by atoms with Gasteiger partial charge in [-0.3, -0.25) is 4.90 Å². The van der Waals surface area contributed by atoms with Crippen molar-refractivity contribution in [3.8, 4) is 0 Å². The Hall–Kier alpha value is -0.810. The van der Waals surface area contributed by atoms with Crippen LogP contribution in [0.3, 0.4) is 0 Å². The highest BCUT2D eigenvalue weighted by atomic mass is 16.5. The van der Waals surface area contributed by atoms with Crippen LogP contribution in [0.1, 0.15) is 12.8 Å². The van der Waals surface area contributed by atoms with E-state index in [-0.39, 0.29) is 6.23 Å². The second-order valence-electron chi connectivity index (χ2n) is 3.04. The average Bonchev–Trinajstić information content (AvgIpc) is 2.51. The fourth-order valence-corrected chi connectivity index (χ4v) is 1.58. The average molecular weight is 188 g/mol. The Labute approximate surface area is 77.8 Å². The van der Waals surface area contributed by atoms with Gasteiger partial charge in [-0.15, -0.1) is 0 Å². The Morgan fingerprint density at radius 2 is 2.46 bits per heavy atom. The molecule has 5 nitrogen and oxygen atoms in total. The van der Waals surface area contributed by atoms with E-state index in [4.69, 9.17) is 10.5 Å². The van der Waals surface area contributed by atoms with Gasteiger partial charge in [-0.25, -0.2) is 4.79 Å². The minimum atomic E-state index is -0.715. The van der Waals surface area contributed by atoms with Crippen molar-refractivity contribution in [1.29, 1.82) is 0 Å². The molecule has 1 rings (SSSR count). The lowest BCUT2D eigenvalue weighted by Crippen LogP contribution is -2.34. The van der Waals surface area contributed by atoms with Crippen LogP contribution in [0, 0.1) is 0 Å². The molecule has 13 heavy (non-hydrogen) atoms. The van der Waals surface area contributed by atoms with Gasteiger partial charge >= 0.3 is 6.09 Å². The first kappa shape index (κ1) is 10.3. The van der Waals surface area contributed by atoms with E-state index in [1.54, 1.807) is 7.11 Å². The molecule has 0 saturated carbocycles. The van der Waals surface area contributed by atoms with Crippen LogP contribution in [0.4, 0.5) is 4.79 Å². The number of hydrogen-bond acceptors (Lipinski definition) is 4. The van der Waals surface area contributed by atoms with E-state index < -0.39 is 6.09 Å². The summed E-state index contributed by atoms with van der Waals surface area (Å²) < 4.78 is 9.87. The number of amides is 1. The van der Waals surface area contributed by atoms with Crippen molar-refractivity contribution in [2.24, 2.45) is 5.73 Å². The molecule has 2 N–H and O–H groups in total. The van der Waals surface area contributed by atoms with Crippen molar-refractivity contribution in [3.63, 3.8) is 0 Å². The first-order valence-corrected chi connectivity index (χ1v) is 4.43. The minimum absolute atomic E-state index is 0.177. The molecule has 0 aromatic rings. The van der Waals surface area contributed by atoms with Crippen molar-refractivity contribution in [1.82, 2.24) is 4.90 Å². The molecule has 1 saturated heterocycles. The van der Waals surface area contributed by atoms with Crippen LogP contribution in [0.5, 0.6) is 0 Å². The summed E-state index contributed by atoms with van der Waals surface area (Å²) in [5, 5.41) is 0. The minimum Gasteiger partial charge on any atom is -0.448 e. The molecule has 0 radical (unpaired) electrons. The fourth-order valence-electron chi connectivity index (χ4n) is 1.58. The van der Waals surface area contributed by atoms with Crippen LogP contribution >= 0.6 is 0 Å². The highest BCUT2D eigenvalue weighted by Crippen LogP contribution is 2.16. The van der Waals surface area contributed by atoms with Gasteiger partial charge in [0, 0.05) is 20.2 Å². The molecule has 5 heteroatoms. The van der Waals surface area contributed by atoms with E-state index in [0.29, 0.717) is 13.2 Å². The van der Waals surface area contributed by atoms with Crippen molar-refractivity contribution in [2.75, 3.05) is 26.8 Å². The van der Waals surface area contributed by atoms with E-state index >= 15 is 0 Å². The first-order chi connectivity index (χ1) is 6.24. The summed E-state index contributed by atoms with van der Waals surface area (Å²) in [4.78, 5) is 12.4. The largest absolute Gasteiger partial charge is 0.448 e. The fraction of sp³-hybridized carbons (Fsp3) is 0.875. The van der Waals surface area contributed by atoms with E-state index in [1.165, 1.54) is 0 Å². The molecule has 1 fully saturated rings. The zero-order chi connectivity index (χ0) is 9.68. The molecule has 0 bridgehead atoms. The molecule has 1 atom stereocenters. The van der Waals surface area contributed by atoms with Crippen LogP contribution < -0.4 is 5.73 Å². The van der Waals surface area contributed by atoms with Gasteiger partial charge < -0.3 is 15.2 Å². The predicted molar refractivity (Wildman–Crippen MR) is 47.1 cm³/mol. The van der Waals surface area contributed by atoms with Crippen LogP contribution in [-0.4, -0.2) is 44.0 Å². The first-order valence-electron chi connectivity index (χ1n) is 4.43. The second-order valence-corrected chi connectivity index (χ2v) is 3.04. The van der Waals surface area contributed by atoms with Gasteiger partial charge in [-0.2, -0.15) is 0 Å². The number of primary amides is 1. The van der Waals surface area contributed by atoms with Crippen molar-refractivity contribution in [3.05, 3.63) is 0 Å². The van der Waals surface area contributed by atoms with Crippen molar-refractivity contribution < 1.29 is 14.3 Å². The van der Waals surface area contributed by atoms with Crippen LogP contribution in [0.25, 0.3) is 0 Å². The van der Waals surface area contributed by atoms with Crippen LogP contribution in [-0.2, 0) is 9.47 Å². The van der Waals surface area contributed by atoms with Crippen molar-refractivity contribution in [2.45, 2.75) is 19.1 Å². The SMILES string of the molecule is CO[C@@H]1CCCN1CCOC(N)=O. The number of carbonyl (C=O) groups is 1. The Morgan fingerprint density at radius 1 is 1.69 bits per heavy atom. The summed E-state index contributed by atoms with van der Waals surface area (Å²) in [6.07, 6.45) is 1.65. The van der Waals surface area contributed by atoms with E-state index in [0.717, 1.165) is 19.4 Å². The lowest BCUT2D eigenvalue weighted by Gasteiger charge is -2.22.